The number of nitrogens with one attached hydrogen (secondary N) is 2. The Bertz CT molecular complexity index is 961. The van der Waals surface area contributed by atoms with Gasteiger partial charge in [-0.05, 0) is 55.0 Å². The average Bonchev–Trinajstić information content (AvgIpc) is 2.73. The molecule has 150 valence electrons. The number of rotatable bonds is 3. The Morgan fingerprint density at radius 3 is 2.72 bits per heavy atom. The quantitative estimate of drug-likeness (QED) is 0.839. The van der Waals surface area contributed by atoms with Crippen molar-refractivity contribution in [2.75, 3.05) is 0 Å². The number of carbonyl (C=O) groups is 2. The van der Waals surface area contributed by atoms with Crippen LogP contribution < -0.4 is 15.4 Å². The smallest absolute Gasteiger partial charge is 0.258 e. The Morgan fingerprint density at radius 2 is 1.97 bits per heavy atom. The van der Waals surface area contributed by atoms with E-state index in [-0.39, 0.29) is 35.4 Å². The van der Waals surface area contributed by atoms with Gasteiger partial charge in [-0.3, -0.25) is 9.59 Å². The maximum Gasteiger partial charge on any atom is 0.258 e. The summed E-state index contributed by atoms with van der Waals surface area (Å²) in [4.78, 5) is 25.5. The second-order valence-electron chi connectivity index (χ2n) is 8.37. The third-order valence-corrected chi connectivity index (χ3v) is 6.68. The van der Waals surface area contributed by atoms with Crippen LogP contribution in [0.15, 0.2) is 48.5 Å². The molecule has 2 aromatic rings. The zero-order chi connectivity index (χ0) is 20.0. The zero-order valence-electron chi connectivity index (χ0n) is 16.0. The first-order chi connectivity index (χ1) is 14.0. The molecule has 0 saturated heterocycles. The molecule has 0 aromatic heterocycles. The molecule has 2 bridgehead atoms. The van der Waals surface area contributed by atoms with Crippen LogP contribution in [0.3, 0.4) is 0 Å². The molecule has 4 aliphatic rings. The second-order valence-corrected chi connectivity index (χ2v) is 8.37. The van der Waals surface area contributed by atoms with Crippen molar-refractivity contribution in [2.45, 2.75) is 38.0 Å². The molecule has 2 aromatic carbocycles. The number of hydrogen-bond acceptors (Lipinski definition) is 3. The summed E-state index contributed by atoms with van der Waals surface area (Å²) in [5.74, 6) is 0.452. The van der Waals surface area contributed by atoms with Crippen molar-refractivity contribution in [2.24, 2.45) is 17.8 Å². The van der Waals surface area contributed by atoms with Gasteiger partial charge in [0, 0.05) is 24.8 Å². The molecule has 0 unspecified atom stereocenters. The van der Waals surface area contributed by atoms with Gasteiger partial charge in [0.05, 0.1) is 5.56 Å². The minimum atomic E-state index is -0.706. The van der Waals surface area contributed by atoms with Crippen molar-refractivity contribution in [3.8, 4) is 5.75 Å². The van der Waals surface area contributed by atoms with E-state index in [0.717, 1.165) is 18.4 Å². The summed E-state index contributed by atoms with van der Waals surface area (Å²) in [5, 5.41) is 6.11. The first-order valence-corrected chi connectivity index (χ1v) is 10.2. The highest BCUT2D eigenvalue weighted by atomic mass is 19.1. The van der Waals surface area contributed by atoms with Crippen LogP contribution in [0, 0.1) is 23.6 Å². The van der Waals surface area contributed by atoms with Gasteiger partial charge in [0.1, 0.15) is 11.6 Å². The first-order valence-electron chi connectivity index (χ1n) is 10.2. The van der Waals surface area contributed by atoms with Gasteiger partial charge in [0.2, 0.25) is 5.91 Å². The van der Waals surface area contributed by atoms with E-state index in [9.17, 15) is 14.0 Å². The van der Waals surface area contributed by atoms with Crippen molar-refractivity contribution in [1.82, 2.24) is 10.6 Å². The minimum absolute atomic E-state index is 0.0291. The predicted octanol–water partition coefficient (Wildman–Crippen LogP) is 3.40. The highest BCUT2D eigenvalue weighted by Crippen LogP contribution is 2.52. The Labute approximate surface area is 168 Å². The monoisotopic (exact) mass is 394 g/mol. The lowest BCUT2D eigenvalue weighted by molar-refractivity contribution is -0.146. The van der Waals surface area contributed by atoms with Gasteiger partial charge >= 0.3 is 0 Å². The number of amides is 2. The van der Waals surface area contributed by atoms with Crippen molar-refractivity contribution in [1.29, 1.82) is 0 Å². The predicted molar refractivity (Wildman–Crippen MR) is 104 cm³/mol. The lowest BCUT2D eigenvalue weighted by Crippen LogP contribution is -2.66. The number of halogens is 1. The van der Waals surface area contributed by atoms with Gasteiger partial charge in [-0.1, -0.05) is 24.3 Å². The van der Waals surface area contributed by atoms with Crippen LogP contribution in [-0.4, -0.2) is 17.5 Å². The van der Waals surface area contributed by atoms with Gasteiger partial charge in [-0.2, -0.15) is 0 Å². The van der Waals surface area contributed by atoms with Crippen LogP contribution in [-0.2, 0) is 11.3 Å². The fraction of sp³-hybridized carbons (Fsp3) is 0.391. The van der Waals surface area contributed by atoms with E-state index in [1.54, 1.807) is 18.2 Å². The highest BCUT2D eigenvalue weighted by molar-refractivity contribution is 5.98. The molecule has 5 nitrogen and oxygen atoms in total. The van der Waals surface area contributed by atoms with Crippen molar-refractivity contribution in [3.63, 3.8) is 0 Å². The van der Waals surface area contributed by atoms with Gasteiger partial charge in [-0.25, -0.2) is 4.39 Å². The Kier molecular flexibility index (Phi) is 4.30. The van der Waals surface area contributed by atoms with Gasteiger partial charge in [0.25, 0.3) is 5.91 Å². The topological polar surface area (TPSA) is 67.4 Å². The molecule has 1 aliphatic heterocycles. The molecule has 1 spiro atoms. The van der Waals surface area contributed by atoms with Gasteiger partial charge in [0.15, 0.2) is 5.72 Å². The molecule has 3 saturated carbocycles. The molecule has 6 heteroatoms. The summed E-state index contributed by atoms with van der Waals surface area (Å²) in [7, 11) is 0. The van der Waals surface area contributed by atoms with E-state index in [2.05, 4.69) is 10.6 Å². The zero-order valence-corrected chi connectivity index (χ0v) is 16.0. The molecule has 3 fully saturated rings. The summed E-state index contributed by atoms with van der Waals surface area (Å²) in [6.45, 7) is 0.388. The van der Waals surface area contributed by atoms with E-state index < -0.39 is 5.72 Å². The van der Waals surface area contributed by atoms with Crippen LogP contribution >= 0.6 is 0 Å². The Morgan fingerprint density at radius 1 is 1.17 bits per heavy atom. The molecule has 2 N–H and O–H groups in total. The number of ether oxygens (including phenoxy) is 1. The summed E-state index contributed by atoms with van der Waals surface area (Å²) in [6, 6.07) is 13.5. The largest absolute Gasteiger partial charge is 0.467 e. The summed E-state index contributed by atoms with van der Waals surface area (Å²) in [5.41, 5.74) is 0.729. The fourth-order valence-corrected chi connectivity index (χ4v) is 5.20. The molecule has 4 atom stereocenters. The van der Waals surface area contributed by atoms with E-state index >= 15 is 0 Å². The number of fused-ring (bicyclic) bond motifs is 3. The molecule has 3 aliphatic carbocycles. The molecule has 29 heavy (non-hydrogen) atoms. The summed E-state index contributed by atoms with van der Waals surface area (Å²) >= 11 is 0. The van der Waals surface area contributed by atoms with Crippen LogP contribution in [0.1, 0.15) is 41.6 Å². The molecule has 2 amide bonds. The number of benzene rings is 2. The van der Waals surface area contributed by atoms with E-state index in [1.165, 1.54) is 12.1 Å². The summed E-state index contributed by atoms with van der Waals surface area (Å²) < 4.78 is 19.4. The maximum absolute atomic E-state index is 13.0. The van der Waals surface area contributed by atoms with Crippen LogP contribution in [0.5, 0.6) is 5.75 Å². The lowest BCUT2D eigenvalue weighted by Gasteiger charge is -2.55. The first kappa shape index (κ1) is 18.2. The Balaban J connectivity index is 1.28. The number of para-hydroxylation sites is 1. The standard InChI is InChI=1S/C23H23FN2O3/c24-17-9-5-14(6-10-17)13-25-21(27)19-11-16-8-7-15(19)12-23(16)26-22(28)18-3-1-2-4-20(18)29-23/h1-6,9-10,15-16,19H,7-8,11-13H2,(H,25,27)(H,26,28)/t15-,16+,19-,23-/m1/s1. The molecule has 1 heterocycles. The van der Waals surface area contributed by atoms with Gasteiger partial charge < -0.3 is 15.4 Å². The van der Waals surface area contributed by atoms with E-state index in [0.29, 0.717) is 30.7 Å². The molecular formula is C23H23FN2O3. The number of carbonyl (C=O) groups excluding carboxylic acids is 2. The fourth-order valence-electron chi connectivity index (χ4n) is 5.20. The molecule has 6 rings (SSSR count). The van der Waals surface area contributed by atoms with E-state index in [4.69, 9.17) is 4.74 Å². The lowest BCUT2D eigenvalue weighted by atomic mass is 9.60. The molecular weight excluding hydrogens is 371 g/mol. The van der Waals surface area contributed by atoms with Crippen molar-refractivity contribution < 1.29 is 18.7 Å². The van der Waals surface area contributed by atoms with E-state index in [1.807, 2.05) is 18.2 Å². The maximum atomic E-state index is 13.0. The normalized spacial score (nSPS) is 29.7. The Hall–Kier alpha value is -2.89. The third kappa shape index (κ3) is 3.16. The van der Waals surface area contributed by atoms with Crippen molar-refractivity contribution >= 4 is 11.8 Å². The van der Waals surface area contributed by atoms with Crippen molar-refractivity contribution in [3.05, 3.63) is 65.5 Å². The SMILES string of the molecule is O=C1N[C@]2(C[C@H]3CC[C@H]2C[C@H]3C(=O)NCc2ccc(F)cc2)Oc2ccccc21. The third-order valence-electron chi connectivity index (χ3n) is 6.68. The molecule has 0 radical (unpaired) electrons. The summed E-state index contributed by atoms with van der Waals surface area (Å²) in [6.07, 6.45) is 3.24. The van der Waals surface area contributed by atoms with Crippen LogP contribution in [0.25, 0.3) is 0 Å². The second kappa shape index (κ2) is 6.87. The average molecular weight is 394 g/mol. The minimum Gasteiger partial charge on any atom is -0.467 e. The van der Waals surface area contributed by atoms with Crippen LogP contribution in [0.4, 0.5) is 4.39 Å². The highest BCUT2D eigenvalue weighted by Gasteiger charge is 2.57. The van der Waals surface area contributed by atoms with Crippen LogP contribution in [0.2, 0.25) is 0 Å². The number of hydrogen-bond donors (Lipinski definition) is 2. The van der Waals surface area contributed by atoms with Gasteiger partial charge in [-0.15, -0.1) is 0 Å².